The van der Waals surface area contributed by atoms with Crippen molar-refractivity contribution < 1.29 is 22.7 Å². The van der Waals surface area contributed by atoms with Gasteiger partial charge in [0.15, 0.2) is 0 Å². The van der Waals surface area contributed by atoms with Crippen molar-refractivity contribution >= 4 is 23.2 Å². The van der Waals surface area contributed by atoms with E-state index < -0.39 is 11.7 Å². The summed E-state index contributed by atoms with van der Waals surface area (Å²) in [6.45, 7) is 9.45. The molecule has 2 aromatic rings. The third-order valence-electron chi connectivity index (χ3n) is 7.24. The Bertz CT molecular complexity index is 1090. The minimum Gasteiger partial charge on any atom is -0.388 e. The molecule has 1 N–H and O–H groups in total. The van der Waals surface area contributed by atoms with E-state index in [4.69, 9.17) is 16.3 Å². The van der Waals surface area contributed by atoms with Crippen molar-refractivity contribution in [2.75, 3.05) is 58.2 Å². The zero-order chi connectivity index (χ0) is 27.4. The average molecular weight is 553 g/mol. The van der Waals surface area contributed by atoms with Crippen LogP contribution in [0, 0.1) is 0 Å². The number of amides is 1. The molecule has 2 aromatic carbocycles. The van der Waals surface area contributed by atoms with Crippen LogP contribution in [-0.4, -0.2) is 91.7 Å². The van der Waals surface area contributed by atoms with E-state index in [-0.39, 0.29) is 35.4 Å². The van der Waals surface area contributed by atoms with E-state index in [1.54, 1.807) is 11.9 Å². The number of carbonyl (C=O) groups is 1. The minimum atomic E-state index is -4.54. The Kier molecular flexibility index (Phi) is 9.23. The summed E-state index contributed by atoms with van der Waals surface area (Å²) in [5.41, 5.74) is 0.476. The number of morpholine rings is 1. The average Bonchev–Trinajstić information content (AvgIpc) is 2.87. The van der Waals surface area contributed by atoms with Crippen LogP contribution in [0.15, 0.2) is 42.5 Å². The Morgan fingerprint density at radius 1 is 1.00 bits per heavy atom. The largest absolute Gasteiger partial charge is 0.416 e. The van der Waals surface area contributed by atoms with E-state index in [0.29, 0.717) is 31.1 Å². The third kappa shape index (κ3) is 7.40. The number of alkyl halides is 3. The topological polar surface area (TPSA) is 48.1 Å². The van der Waals surface area contributed by atoms with Gasteiger partial charge in [-0.2, -0.15) is 13.2 Å². The number of piperazine rings is 1. The van der Waals surface area contributed by atoms with Gasteiger partial charge in [-0.1, -0.05) is 23.7 Å². The Hall–Kier alpha value is -2.33. The quantitative estimate of drug-likeness (QED) is 0.531. The molecule has 2 fully saturated rings. The summed E-state index contributed by atoms with van der Waals surface area (Å²) in [4.78, 5) is 20.1. The number of nitrogens with zero attached hydrogens (tertiary/aromatic N) is 3. The predicted octanol–water partition coefficient (Wildman–Crippen LogP) is 4.88. The van der Waals surface area contributed by atoms with Crippen molar-refractivity contribution in [3.8, 4) is 0 Å². The number of rotatable bonds is 7. The highest BCUT2D eigenvalue weighted by Gasteiger charge is 2.35. The number of ether oxygens (including phenoxy) is 1. The molecule has 4 rings (SSSR count). The fourth-order valence-corrected chi connectivity index (χ4v) is 5.56. The highest BCUT2D eigenvalue weighted by Crippen LogP contribution is 2.32. The van der Waals surface area contributed by atoms with E-state index >= 15 is 0 Å². The van der Waals surface area contributed by atoms with E-state index in [1.165, 1.54) is 6.07 Å². The second-order valence-electron chi connectivity index (χ2n) is 10.3. The molecule has 2 saturated heterocycles. The summed E-state index contributed by atoms with van der Waals surface area (Å²) in [5, 5.41) is 3.38. The van der Waals surface area contributed by atoms with Gasteiger partial charge in [0.05, 0.1) is 17.8 Å². The predicted molar refractivity (Wildman–Crippen MR) is 144 cm³/mol. The van der Waals surface area contributed by atoms with Crippen molar-refractivity contribution in [1.29, 1.82) is 0 Å². The lowest BCUT2D eigenvalue weighted by Gasteiger charge is -2.43. The molecule has 0 radical (unpaired) electrons. The van der Waals surface area contributed by atoms with Crippen LogP contribution in [0.3, 0.4) is 0 Å². The molecule has 2 heterocycles. The van der Waals surface area contributed by atoms with E-state index in [9.17, 15) is 18.0 Å². The molecular weight excluding hydrogens is 517 g/mol. The maximum Gasteiger partial charge on any atom is 0.416 e. The summed E-state index contributed by atoms with van der Waals surface area (Å²) in [6.07, 6.45) is -3.57. The van der Waals surface area contributed by atoms with Gasteiger partial charge in [-0.3, -0.25) is 14.6 Å². The van der Waals surface area contributed by atoms with Gasteiger partial charge in [0.25, 0.3) is 5.91 Å². The number of benzene rings is 2. The lowest BCUT2D eigenvalue weighted by molar-refractivity contribution is -0.137. The molecule has 3 atom stereocenters. The molecule has 0 spiro atoms. The molecule has 1 unspecified atom stereocenters. The van der Waals surface area contributed by atoms with Crippen LogP contribution in [0.25, 0.3) is 0 Å². The van der Waals surface area contributed by atoms with Crippen LogP contribution in [0.1, 0.15) is 35.3 Å². The fraction of sp³-hybridized carbons (Fsp3) is 0.536. The number of nitrogens with one attached hydrogen (secondary N) is 1. The molecule has 6 nitrogen and oxygen atoms in total. The van der Waals surface area contributed by atoms with E-state index in [1.807, 2.05) is 24.3 Å². The van der Waals surface area contributed by atoms with Crippen molar-refractivity contribution in [2.45, 2.75) is 44.7 Å². The van der Waals surface area contributed by atoms with Gasteiger partial charge in [0.1, 0.15) is 0 Å². The summed E-state index contributed by atoms with van der Waals surface area (Å²) in [7, 11) is 1.54. The van der Waals surface area contributed by atoms with E-state index in [0.717, 1.165) is 43.9 Å². The van der Waals surface area contributed by atoms with Gasteiger partial charge in [0, 0.05) is 75.2 Å². The number of halogens is 4. The van der Waals surface area contributed by atoms with Crippen molar-refractivity contribution in [3.05, 3.63) is 64.2 Å². The monoisotopic (exact) mass is 552 g/mol. The highest BCUT2D eigenvalue weighted by molar-refractivity contribution is 6.30. The molecule has 0 aliphatic carbocycles. The lowest BCUT2D eigenvalue weighted by atomic mass is 10.00. The van der Waals surface area contributed by atoms with Crippen LogP contribution >= 0.6 is 11.6 Å². The zero-order valence-corrected chi connectivity index (χ0v) is 22.9. The van der Waals surface area contributed by atoms with Crippen LogP contribution < -0.4 is 5.32 Å². The standard InChI is InChI=1S/C28H36ClF3N4O2/c1-19-16-35(17-20(2)38-19)9-8-34-10-11-36(26(18-34)12-21-4-6-24(29)7-5-21)27(37)22-13-23(28(30,31)32)15-25(14-22)33-3/h4-7,13-15,19-20,26,33H,8-12,16-18H2,1-3H3/t19-,20+,26?. The maximum atomic E-state index is 13.7. The molecule has 2 aliphatic heterocycles. The number of hydrogen-bond donors (Lipinski definition) is 1. The zero-order valence-electron chi connectivity index (χ0n) is 22.1. The Balaban J connectivity index is 1.52. The lowest BCUT2D eigenvalue weighted by Crippen LogP contribution is -2.57. The van der Waals surface area contributed by atoms with Gasteiger partial charge < -0.3 is 15.0 Å². The first-order valence-corrected chi connectivity index (χ1v) is 13.4. The maximum absolute atomic E-state index is 13.7. The van der Waals surface area contributed by atoms with Gasteiger partial charge in [-0.15, -0.1) is 0 Å². The van der Waals surface area contributed by atoms with Gasteiger partial charge >= 0.3 is 6.18 Å². The number of anilines is 1. The summed E-state index contributed by atoms with van der Waals surface area (Å²) in [6, 6.07) is 10.8. The molecule has 38 heavy (non-hydrogen) atoms. The molecule has 2 aliphatic rings. The second-order valence-corrected chi connectivity index (χ2v) is 10.8. The normalized spacial score (nSPS) is 23.4. The smallest absolute Gasteiger partial charge is 0.388 e. The van der Waals surface area contributed by atoms with Crippen molar-refractivity contribution in [2.24, 2.45) is 0 Å². The molecule has 0 aromatic heterocycles. The SMILES string of the molecule is CNc1cc(C(=O)N2CCN(CCN3C[C@@H](C)O[C@@H](C)C3)CC2Cc2ccc(Cl)cc2)cc(C(F)(F)F)c1. The fourth-order valence-electron chi connectivity index (χ4n) is 5.43. The van der Waals surface area contributed by atoms with Crippen LogP contribution in [0.2, 0.25) is 5.02 Å². The first-order chi connectivity index (χ1) is 18.0. The first-order valence-electron chi connectivity index (χ1n) is 13.1. The summed E-state index contributed by atoms with van der Waals surface area (Å²) in [5.74, 6) is -0.387. The first kappa shape index (κ1) is 28.7. The minimum absolute atomic E-state index is 0.0371. The summed E-state index contributed by atoms with van der Waals surface area (Å²) < 4.78 is 46.5. The van der Waals surface area contributed by atoms with Crippen LogP contribution in [0.5, 0.6) is 0 Å². The molecular formula is C28H36ClF3N4O2. The van der Waals surface area contributed by atoms with Crippen molar-refractivity contribution in [1.82, 2.24) is 14.7 Å². The van der Waals surface area contributed by atoms with E-state index in [2.05, 4.69) is 29.0 Å². The molecule has 0 saturated carbocycles. The Morgan fingerprint density at radius 2 is 1.66 bits per heavy atom. The number of hydrogen-bond acceptors (Lipinski definition) is 5. The number of carbonyl (C=O) groups excluding carboxylic acids is 1. The van der Waals surface area contributed by atoms with Gasteiger partial charge in [0.2, 0.25) is 0 Å². The molecule has 10 heteroatoms. The van der Waals surface area contributed by atoms with Gasteiger partial charge in [-0.25, -0.2) is 0 Å². The Morgan fingerprint density at radius 3 is 2.29 bits per heavy atom. The second kappa shape index (κ2) is 12.2. The molecule has 208 valence electrons. The van der Waals surface area contributed by atoms with Gasteiger partial charge in [-0.05, 0) is 56.2 Å². The summed E-state index contributed by atoms with van der Waals surface area (Å²) >= 11 is 6.07. The highest BCUT2D eigenvalue weighted by atomic mass is 35.5. The molecule has 1 amide bonds. The van der Waals surface area contributed by atoms with Crippen LogP contribution in [-0.2, 0) is 17.3 Å². The van der Waals surface area contributed by atoms with Crippen LogP contribution in [0.4, 0.5) is 18.9 Å². The third-order valence-corrected chi connectivity index (χ3v) is 7.49. The van der Waals surface area contributed by atoms with Crippen molar-refractivity contribution in [3.63, 3.8) is 0 Å². The molecule has 0 bridgehead atoms. The Labute approximate surface area is 227 Å².